The van der Waals surface area contributed by atoms with E-state index in [0.29, 0.717) is 5.56 Å². The van der Waals surface area contributed by atoms with E-state index in [0.717, 1.165) is 6.92 Å². The number of aliphatic hydroxyl groups excluding tert-OH is 3. The Hall–Kier alpha value is -6.11. The van der Waals surface area contributed by atoms with Crippen LogP contribution in [0.3, 0.4) is 0 Å². The lowest BCUT2D eigenvalue weighted by molar-refractivity contribution is -0.145. The van der Waals surface area contributed by atoms with Crippen LogP contribution in [0.4, 0.5) is 0 Å². The number of aliphatic imine (C=N–C) groups is 1. The number of carbonyl (C=O) groups excluding carboxylic acids is 7. The zero-order valence-electron chi connectivity index (χ0n) is 30.6. The molecule has 8 atom stereocenters. The molecule has 1 aromatic rings. The van der Waals surface area contributed by atoms with E-state index in [4.69, 9.17) is 28.0 Å². The van der Waals surface area contributed by atoms with Crippen LogP contribution < -0.4 is 54.8 Å². The maximum absolute atomic E-state index is 13.8. The Morgan fingerprint density at radius 3 is 1.73 bits per heavy atom. The minimum absolute atomic E-state index is 0.0393. The summed E-state index contributed by atoms with van der Waals surface area (Å²) in [5.41, 5.74) is 21.8. The third-order valence-corrected chi connectivity index (χ3v) is 7.77. The molecule has 0 aromatic heterocycles. The van der Waals surface area contributed by atoms with Crippen LogP contribution in [-0.4, -0.2) is 147 Å². The van der Waals surface area contributed by atoms with Gasteiger partial charge in [0.15, 0.2) is 12.0 Å². The van der Waals surface area contributed by atoms with Crippen molar-refractivity contribution in [3.05, 3.63) is 29.8 Å². The molecule has 312 valence electrons. The van der Waals surface area contributed by atoms with Gasteiger partial charge in [-0.1, -0.05) is 12.1 Å². The molecule has 0 saturated heterocycles. The first kappa shape index (κ1) is 47.9. The van der Waals surface area contributed by atoms with Crippen molar-refractivity contribution in [2.24, 2.45) is 27.9 Å². The highest BCUT2D eigenvalue weighted by molar-refractivity contribution is 5.98. The minimum Gasteiger partial charge on any atom is -0.508 e. The molecule has 24 heteroatoms. The molecule has 7 amide bonds. The fourth-order valence-electron chi connectivity index (χ4n) is 4.68. The van der Waals surface area contributed by atoms with E-state index in [1.54, 1.807) is 0 Å². The van der Waals surface area contributed by atoms with Gasteiger partial charge in [0.25, 0.3) is 0 Å². The maximum atomic E-state index is 13.8. The molecule has 0 unspecified atom stereocenters. The number of benzene rings is 1. The van der Waals surface area contributed by atoms with E-state index < -0.39 is 115 Å². The normalized spacial score (nSPS) is 15.1. The Labute approximate surface area is 320 Å². The van der Waals surface area contributed by atoms with Gasteiger partial charge in [-0.3, -0.25) is 38.6 Å². The van der Waals surface area contributed by atoms with E-state index in [1.807, 2.05) is 0 Å². The number of hydrogen-bond acceptors (Lipinski definition) is 14. The third-order valence-electron chi connectivity index (χ3n) is 7.77. The topological polar surface area (TPSA) is 426 Å². The molecule has 0 radical (unpaired) electrons. The molecule has 0 fully saturated rings. The van der Waals surface area contributed by atoms with E-state index >= 15 is 0 Å². The van der Waals surface area contributed by atoms with E-state index in [1.165, 1.54) is 31.2 Å². The number of guanidine groups is 1. The number of hydrogen-bond donors (Lipinski definition) is 15. The molecular formula is C32H51N11O13. The van der Waals surface area contributed by atoms with Gasteiger partial charge < -0.3 is 80.4 Å². The molecule has 0 bridgehead atoms. The third kappa shape index (κ3) is 16.9. The number of phenols is 1. The molecule has 0 aliphatic carbocycles. The first-order valence-corrected chi connectivity index (χ1v) is 17.0. The number of phenolic OH excluding ortho intramolecular Hbond substituents is 1. The van der Waals surface area contributed by atoms with Gasteiger partial charge in [-0.15, -0.1) is 0 Å². The van der Waals surface area contributed by atoms with Gasteiger partial charge in [-0.2, -0.15) is 0 Å². The number of aromatic hydroxyl groups is 1. The van der Waals surface area contributed by atoms with Crippen LogP contribution in [0.15, 0.2) is 29.3 Å². The Morgan fingerprint density at radius 2 is 1.21 bits per heavy atom. The number of nitrogens with one attached hydrogen (secondary N) is 6. The second-order valence-electron chi connectivity index (χ2n) is 12.5. The van der Waals surface area contributed by atoms with Gasteiger partial charge in [0.2, 0.25) is 41.4 Å². The van der Waals surface area contributed by atoms with Crippen molar-refractivity contribution in [3.63, 3.8) is 0 Å². The highest BCUT2D eigenvalue weighted by Gasteiger charge is 2.34. The van der Waals surface area contributed by atoms with E-state index in [2.05, 4.69) is 36.9 Å². The largest absolute Gasteiger partial charge is 0.508 e. The molecule has 0 spiro atoms. The molecular weight excluding hydrogens is 746 g/mol. The Kier molecular flexibility index (Phi) is 20.2. The van der Waals surface area contributed by atoms with Crippen molar-refractivity contribution in [3.8, 4) is 5.75 Å². The van der Waals surface area contributed by atoms with Crippen molar-refractivity contribution in [1.82, 2.24) is 31.9 Å². The number of aliphatic hydroxyl groups is 3. The smallest absolute Gasteiger partial charge is 0.328 e. The molecule has 1 aromatic carbocycles. The molecule has 0 aliphatic heterocycles. The highest BCUT2D eigenvalue weighted by Crippen LogP contribution is 2.13. The van der Waals surface area contributed by atoms with Gasteiger partial charge in [0.1, 0.15) is 42.0 Å². The van der Waals surface area contributed by atoms with Crippen LogP contribution in [0, 0.1) is 0 Å². The average Bonchev–Trinajstić information content (AvgIpc) is 3.12. The summed E-state index contributed by atoms with van der Waals surface area (Å²) in [6, 6.07) is -5.66. The summed E-state index contributed by atoms with van der Waals surface area (Å²) in [6.07, 6.45) is -2.86. The number of carboxylic acids is 1. The molecule has 0 aliphatic rings. The van der Waals surface area contributed by atoms with Crippen molar-refractivity contribution in [2.75, 3.05) is 19.8 Å². The first-order chi connectivity index (χ1) is 26.2. The van der Waals surface area contributed by atoms with E-state index in [-0.39, 0.29) is 37.5 Å². The van der Waals surface area contributed by atoms with Gasteiger partial charge >= 0.3 is 5.97 Å². The summed E-state index contributed by atoms with van der Waals surface area (Å²) < 4.78 is 0. The summed E-state index contributed by atoms with van der Waals surface area (Å²) in [7, 11) is 0. The first-order valence-electron chi connectivity index (χ1n) is 17.0. The lowest BCUT2D eigenvalue weighted by atomic mass is 10.0. The number of nitrogens with zero attached hydrogens (tertiary/aromatic N) is 1. The molecule has 1 rings (SSSR count). The van der Waals surface area contributed by atoms with Crippen LogP contribution >= 0.6 is 0 Å². The number of carboxylic acid groups (broad SMARTS) is 1. The predicted octanol–water partition coefficient (Wildman–Crippen LogP) is -7.43. The summed E-state index contributed by atoms with van der Waals surface area (Å²) in [5, 5.41) is 61.3. The lowest BCUT2D eigenvalue weighted by Crippen LogP contribution is -2.61. The van der Waals surface area contributed by atoms with Crippen molar-refractivity contribution in [1.29, 1.82) is 0 Å². The highest BCUT2D eigenvalue weighted by atomic mass is 16.4. The monoisotopic (exact) mass is 797 g/mol. The Balaban J connectivity index is 3.36. The average molecular weight is 798 g/mol. The fraction of sp³-hybridized carbons (Fsp3) is 0.531. The molecule has 24 nitrogen and oxygen atoms in total. The fourth-order valence-corrected chi connectivity index (χ4v) is 4.68. The molecule has 19 N–H and O–H groups in total. The zero-order chi connectivity index (χ0) is 42.7. The predicted molar refractivity (Wildman–Crippen MR) is 194 cm³/mol. The lowest BCUT2D eigenvalue weighted by Gasteiger charge is -2.27. The Bertz CT molecular complexity index is 1570. The summed E-state index contributed by atoms with van der Waals surface area (Å²) in [5.74, 6) is -9.40. The van der Waals surface area contributed by atoms with Gasteiger partial charge in [-0.25, -0.2) is 4.79 Å². The number of carbonyl (C=O) groups is 8. The second kappa shape index (κ2) is 23.6. The minimum atomic E-state index is -1.81. The maximum Gasteiger partial charge on any atom is 0.328 e. The van der Waals surface area contributed by atoms with E-state index in [9.17, 15) is 58.8 Å². The quantitative estimate of drug-likeness (QED) is 0.0262. The molecule has 56 heavy (non-hydrogen) atoms. The zero-order valence-corrected chi connectivity index (χ0v) is 30.6. The molecule has 0 heterocycles. The number of primary amides is 1. The summed E-state index contributed by atoms with van der Waals surface area (Å²) >= 11 is 0. The SMILES string of the molecule is C[C@H](NC(=O)[C@@H](N)CO)C(=O)N[C@@H](CO)C(=O)N[C@@H](CC(N)=O)C(=O)N[C@@H](CCCN=C(N)N)C(=O)N[C@@H](Cc1ccc(O)cc1)C(=O)N[C@H](C(=O)O)[C@@H](C)O. The Morgan fingerprint density at radius 1 is 0.696 bits per heavy atom. The van der Waals surface area contributed by atoms with Gasteiger partial charge in [-0.05, 0) is 44.4 Å². The van der Waals surface area contributed by atoms with Crippen LogP contribution in [0.1, 0.15) is 38.7 Å². The summed E-state index contributed by atoms with van der Waals surface area (Å²) in [6.45, 7) is 0.526. The van der Waals surface area contributed by atoms with Crippen molar-refractivity contribution in [2.45, 2.75) is 87.9 Å². The van der Waals surface area contributed by atoms with Crippen molar-refractivity contribution >= 4 is 53.3 Å². The van der Waals surface area contributed by atoms with Gasteiger partial charge in [0.05, 0.1) is 25.7 Å². The summed E-state index contributed by atoms with van der Waals surface area (Å²) in [4.78, 5) is 106. The van der Waals surface area contributed by atoms with Crippen LogP contribution in [0.2, 0.25) is 0 Å². The van der Waals surface area contributed by atoms with Crippen LogP contribution in [0.25, 0.3) is 0 Å². The van der Waals surface area contributed by atoms with Crippen molar-refractivity contribution < 1.29 is 63.9 Å². The van der Waals surface area contributed by atoms with Gasteiger partial charge in [0, 0.05) is 13.0 Å². The number of rotatable bonds is 24. The number of aliphatic carboxylic acids is 1. The molecule has 0 saturated carbocycles. The number of amides is 7. The second-order valence-corrected chi connectivity index (χ2v) is 12.5. The van der Waals surface area contributed by atoms with Crippen LogP contribution in [0.5, 0.6) is 5.75 Å². The standard InChI is InChI=1S/C32H51N11O13/c1-14(38-26(50)18(33)12-44)25(49)42-22(13-45)30(54)41-21(11-23(34)48)28(52)39-19(4-3-9-37-32(35)36)27(51)40-20(10-16-5-7-17(47)8-6-16)29(53)43-24(15(2)46)31(55)56/h5-8,14-15,18-22,24,44-47H,3-4,9-13,33H2,1-2H3,(H2,34,48)(H,38,50)(H,39,52)(H,40,51)(H,41,54)(H,42,49)(H,43,53)(H,55,56)(H4,35,36,37)/t14-,15+,18-,19-,20-,21-,22-,24-/m0/s1. The van der Waals surface area contributed by atoms with Crippen LogP contribution in [-0.2, 0) is 44.8 Å². The number of nitrogens with two attached hydrogens (primary N) is 4.